The summed E-state index contributed by atoms with van der Waals surface area (Å²) in [4.78, 5) is 0. The second kappa shape index (κ2) is 8.56. The smallest absolute Gasteiger partial charge is 0.0312 e. The van der Waals surface area contributed by atoms with E-state index in [0.29, 0.717) is 5.92 Å². The van der Waals surface area contributed by atoms with Gasteiger partial charge in [0.05, 0.1) is 0 Å². The van der Waals surface area contributed by atoms with E-state index in [1.54, 1.807) is 0 Å². The molecule has 0 amide bonds. The van der Waals surface area contributed by atoms with Crippen LogP contribution < -0.4 is 0 Å². The Morgan fingerprint density at radius 2 is 0.955 bits per heavy atom. The van der Waals surface area contributed by atoms with E-state index in [1.807, 2.05) is 38.2 Å². The molecule has 1 aliphatic carbocycles. The van der Waals surface area contributed by atoms with Crippen molar-refractivity contribution in [3.8, 4) is 0 Å². The van der Waals surface area contributed by atoms with Crippen LogP contribution in [-0.2, 0) is 17.1 Å². The zero-order chi connectivity index (χ0) is 16.6. The Balaban J connectivity index is 0. The Kier molecular flexibility index (Phi) is 9.34. The van der Waals surface area contributed by atoms with Crippen molar-refractivity contribution in [2.24, 2.45) is 0 Å². The monoisotopic (exact) mass is 386 g/mol. The van der Waals surface area contributed by atoms with Crippen molar-refractivity contribution in [3.05, 3.63) is 68.0 Å². The van der Waals surface area contributed by atoms with Gasteiger partial charge in [0.15, 0.2) is 0 Å². The van der Waals surface area contributed by atoms with Gasteiger partial charge in [-0.2, -0.15) is 0 Å². The molecule has 0 saturated heterocycles. The molecular formula is C14H17F6FeP+. The third-order valence-corrected chi connectivity index (χ3v) is 2.02. The molecule has 1 saturated carbocycles. The minimum Gasteiger partial charge on any atom is -0.0312 e. The fourth-order valence-corrected chi connectivity index (χ4v) is 1.16. The fraction of sp³-hybridized carbons (Fsp3) is 0.214. The first-order chi connectivity index (χ1) is 9.25. The molecule has 127 valence electrons. The molecule has 1 aliphatic rings. The Bertz CT molecular complexity index is 378. The van der Waals surface area contributed by atoms with E-state index < -0.39 is 7.81 Å². The molecule has 0 spiro atoms. The summed E-state index contributed by atoms with van der Waals surface area (Å²) in [6, 6.07) is 10.5. The SMILES string of the molecule is CC(C)c1ccccc1.F[P-](F)(F)(F)(F)F.[CH]1[CH][CH][CH][CH]1.[Fe+2]. The summed E-state index contributed by atoms with van der Waals surface area (Å²) in [6.45, 7) is 4.41. The zero-order valence-electron chi connectivity index (χ0n) is 11.9. The average molecular weight is 386 g/mol. The van der Waals surface area contributed by atoms with Crippen molar-refractivity contribution in [2.75, 3.05) is 0 Å². The molecular weight excluding hydrogens is 369 g/mol. The Morgan fingerprint density at radius 3 is 1.14 bits per heavy atom. The van der Waals surface area contributed by atoms with Gasteiger partial charge < -0.3 is 0 Å². The van der Waals surface area contributed by atoms with Gasteiger partial charge in [-0.3, -0.25) is 0 Å². The van der Waals surface area contributed by atoms with Gasteiger partial charge in [0.1, 0.15) is 0 Å². The van der Waals surface area contributed by atoms with Gasteiger partial charge in [0.2, 0.25) is 0 Å². The number of benzene rings is 1. The minimum absolute atomic E-state index is 0. The van der Waals surface area contributed by atoms with Gasteiger partial charge in [0, 0.05) is 0 Å². The van der Waals surface area contributed by atoms with E-state index in [4.69, 9.17) is 0 Å². The molecule has 22 heavy (non-hydrogen) atoms. The van der Waals surface area contributed by atoms with Crippen LogP contribution in [0.2, 0.25) is 0 Å². The largest absolute Gasteiger partial charge is 2.00 e. The Morgan fingerprint density at radius 1 is 0.682 bits per heavy atom. The van der Waals surface area contributed by atoms with Gasteiger partial charge in [-0.15, -0.1) is 0 Å². The molecule has 1 aromatic carbocycles. The van der Waals surface area contributed by atoms with Crippen LogP contribution in [0.3, 0.4) is 0 Å². The van der Waals surface area contributed by atoms with E-state index in [0.717, 1.165) is 0 Å². The summed E-state index contributed by atoms with van der Waals surface area (Å²) in [5.74, 6) is 0.659. The van der Waals surface area contributed by atoms with Crippen molar-refractivity contribution in [1.82, 2.24) is 0 Å². The van der Waals surface area contributed by atoms with Crippen molar-refractivity contribution >= 4 is 7.81 Å². The fourth-order valence-electron chi connectivity index (χ4n) is 1.16. The van der Waals surface area contributed by atoms with Crippen LogP contribution in [0.5, 0.6) is 0 Å². The maximum Gasteiger partial charge on any atom is 2.00 e. The van der Waals surface area contributed by atoms with Crippen LogP contribution in [0.4, 0.5) is 25.2 Å². The molecule has 1 aromatic rings. The number of rotatable bonds is 1. The molecule has 1 fully saturated rings. The summed E-state index contributed by atoms with van der Waals surface area (Å²) in [6.07, 6.45) is 10.0. The summed E-state index contributed by atoms with van der Waals surface area (Å²) in [5, 5.41) is 0. The molecule has 5 radical (unpaired) electrons. The van der Waals surface area contributed by atoms with Crippen LogP contribution >= 0.6 is 7.81 Å². The second-order valence-electron chi connectivity index (χ2n) is 4.49. The zero-order valence-corrected chi connectivity index (χ0v) is 13.9. The molecule has 0 aromatic heterocycles. The average Bonchev–Trinajstić information content (AvgIpc) is 2.84. The second-order valence-corrected chi connectivity index (χ2v) is 6.40. The maximum absolute atomic E-state index is 10.7. The third-order valence-electron chi connectivity index (χ3n) is 2.02. The molecule has 0 unspecified atom stereocenters. The molecule has 0 nitrogen and oxygen atoms in total. The van der Waals surface area contributed by atoms with Crippen LogP contribution in [0.25, 0.3) is 0 Å². The van der Waals surface area contributed by atoms with Gasteiger partial charge in [-0.25, -0.2) is 0 Å². The van der Waals surface area contributed by atoms with E-state index in [9.17, 15) is 25.2 Å². The van der Waals surface area contributed by atoms with Crippen molar-refractivity contribution in [2.45, 2.75) is 19.8 Å². The van der Waals surface area contributed by atoms with Gasteiger partial charge in [0.25, 0.3) is 0 Å². The van der Waals surface area contributed by atoms with Crippen LogP contribution in [0, 0.1) is 32.1 Å². The number of hydrogen-bond donors (Lipinski definition) is 0. The normalized spacial score (nSPS) is 17.0. The molecule has 0 heterocycles. The quantitative estimate of drug-likeness (QED) is 0.272. The molecule has 2 rings (SSSR count). The van der Waals surface area contributed by atoms with Crippen molar-refractivity contribution in [1.29, 1.82) is 0 Å². The van der Waals surface area contributed by atoms with Crippen LogP contribution in [0.15, 0.2) is 30.3 Å². The van der Waals surface area contributed by atoms with E-state index >= 15 is 0 Å². The predicted molar refractivity (Wildman–Crippen MR) is 75.6 cm³/mol. The van der Waals surface area contributed by atoms with E-state index in [-0.39, 0.29) is 17.1 Å². The summed E-state index contributed by atoms with van der Waals surface area (Å²) in [7, 11) is -10.7. The first-order valence-electron chi connectivity index (χ1n) is 6.03. The molecule has 0 N–H and O–H groups in total. The molecule has 0 bridgehead atoms. The van der Waals surface area contributed by atoms with Crippen LogP contribution in [-0.4, -0.2) is 0 Å². The number of hydrogen-bond acceptors (Lipinski definition) is 0. The number of halogens is 6. The first-order valence-corrected chi connectivity index (χ1v) is 8.06. The Labute approximate surface area is 138 Å². The van der Waals surface area contributed by atoms with Crippen molar-refractivity contribution in [3.63, 3.8) is 0 Å². The van der Waals surface area contributed by atoms with Gasteiger partial charge >= 0.3 is 50.1 Å². The van der Waals surface area contributed by atoms with Crippen LogP contribution in [0.1, 0.15) is 25.3 Å². The van der Waals surface area contributed by atoms with Crippen molar-refractivity contribution < 1.29 is 42.3 Å². The summed E-state index contributed by atoms with van der Waals surface area (Å²) in [5.41, 5.74) is 1.41. The molecule has 8 heteroatoms. The van der Waals surface area contributed by atoms with Gasteiger partial charge in [-0.05, 0) is 43.6 Å². The molecule has 0 aliphatic heterocycles. The third kappa shape index (κ3) is 24.7. The summed E-state index contributed by atoms with van der Waals surface area (Å²) < 4.78 is 59.2. The Hall–Kier alpha value is -0.251. The summed E-state index contributed by atoms with van der Waals surface area (Å²) >= 11 is 0. The topological polar surface area (TPSA) is 0 Å². The van der Waals surface area contributed by atoms with Gasteiger partial charge in [-0.1, -0.05) is 44.2 Å². The van der Waals surface area contributed by atoms with E-state index in [1.165, 1.54) is 5.56 Å². The predicted octanol–water partition coefficient (Wildman–Crippen LogP) is 7.21. The molecule has 0 atom stereocenters. The van der Waals surface area contributed by atoms with E-state index in [2.05, 4.69) is 38.1 Å². The minimum atomic E-state index is -10.7. The maximum atomic E-state index is 9.87. The standard InChI is InChI=1S/C9H12.C5H5.F6P.Fe/c1-8(2)9-6-4-3-5-7-9;1-2-4-5-3-1;1-7(2,3,4,5)6;/h3-8H,1-2H3;1-5H;;/q;;-1;+2. The first kappa shape index (κ1) is 24.0.